The van der Waals surface area contributed by atoms with E-state index < -0.39 is 18.0 Å². The van der Waals surface area contributed by atoms with Gasteiger partial charge in [0, 0.05) is 24.5 Å². The van der Waals surface area contributed by atoms with E-state index in [1.165, 1.54) is 4.88 Å². The Balaban J connectivity index is 1.34. The number of imide groups is 1. The van der Waals surface area contributed by atoms with Crippen LogP contribution in [0.25, 0.3) is 0 Å². The van der Waals surface area contributed by atoms with Crippen molar-refractivity contribution in [3.63, 3.8) is 0 Å². The number of anilines is 1. The van der Waals surface area contributed by atoms with Crippen LogP contribution in [0, 0.1) is 0 Å². The van der Waals surface area contributed by atoms with Crippen molar-refractivity contribution in [2.45, 2.75) is 31.8 Å². The molecule has 0 saturated carbocycles. The van der Waals surface area contributed by atoms with Crippen molar-refractivity contribution in [3.8, 4) is 5.75 Å². The Labute approximate surface area is 191 Å². The largest absolute Gasteiger partial charge is 0.477 e. The number of piperidine rings is 1. The summed E-state index contributed by atoms with van der Waals surface area (Å²) in [4.78, 5) is 42.5. The zero-order chi connectivity index (χ0) is 22.3. The molecule has 1 atom stereocenters. The molecule has 1 saturated heterocycles. The summed E-state index contributed by atoms with van der Waals surface area (Å²) < 4.78 is 5.99. The fourth-order valence-corrected chi connectivity index (χ4v) is 4.75. The number of fused-ring (bicyclic) bond motifs is 1. The molecule has 9 heteroatoms. The number of para-hydroxylation sites is 2. The summed E-state index contributed by atoms with van der Waals surface area (Å²) in [6, 6.07) is 10.8. The van der Waals surface area contributed by atoms with E-state index in [0.29, 0.717) is 12.3 Å². The minimum atomic E-state index is -0.671. The van der Waals surface area contributed by atoms with Gasteiger partial charge in [0.05, 0.1) is 18.8 Å². The first-order valence-corrected chi connectivity index (χ1v) is 11.9. The molecule has 4 rings (SSSR count). The van der Waals surface area contributed by atoms with Gasteiger partial charge in [-0.15, -0.1) is 11.3 Å². The fraction of sp³-hybridized carbons (Fsp3) is 0.435. The molecule has 0 bridgehead atoms. The molecule has 3 heterocycles. The summed E-state index contributed by atoms with van der Waals surface area (Å²) in [5.41, 5.74) is 0.739. The first-order valence-electron chi connectivity index (χ1n) is 11.0. The molecule has 4 amide bonds. The molecule has 0 unspecified atom stereocenters. The van der Waals surface area contributed by atoms with E-state index in [-0.39, 0.29) is 19.0 Å². The van der Waals surface area contributed by atoms with Crippen molar-refractivity contribution < 1.29 is 19.1 Å². The van der Waals surface area contributed by atoms with Gasteiger partial charge < -0.3 is 19.9 Å². The van der Waals surface area contributed by atoms with Crippen LogP contribution < -0.4 is 20.3 Å². The van der Waals surface area contributed by atoms with Crippen LogP contribution in [0.5, 0.6) is 5.75 Å². The monoisotopic (exact) mass is 456 g/mol. The number of hydrogen-bond donors (Lipinski definition) is 2. The number of thiophene rings is 1. The molecule has 32 heavy (non-hydrogen) atoms. The lowest BCUT2D eigenvalue weighted by molar-refractivity contribution is -0.139. The molecule has 2 aliphatic rings. The van der Waals surface area contributed by atoms with Crippen molar-refractivity contribution in [1.29, 1.82) is 0 Å². The van der Waals surface area contributed by atoms with Crippen LogP contribution in [0.4, 0.5) is 10.5 Å². The molecule has 1 aromatic heterocycles. The molecule has 2 N–H and O–H groups in total. The van der Waals surface area contributed by atoms with Gasteiger partial charge in [-0.25, -0.2) is 4.79 Å². The van der Waals surface area contributed by atoms with Gasteiger partial charge in [-0.2, -0.15) is 0 Å². The number of carbonyl (C=O) groups excluding carboxylic acids is 3. The number of nitrogens with one attached hydrogen (secondary N) is 2. The van der Waals surface area contributed by atoms with Gasteiger partial charge in [0.25, 0.3) is 5.91 Å². The summed E-state index contributed by atoms with van der Waals surface area (Å²) in [6.45, 7) is 2.16. The van der Waals surface area contributed by atoms with Crippen molar-refractivity contribution in [3.05, 3.63) is 46.7 Å². The quantitative estimate of drug-likeness (QED) is 0.697. The van der Waals surface area contributed by atoms with E-state index in [1.807, 2.05) is 40.6 Å². The lowest BCUT2D eigenvalue weighted by Crippen LogP contribution is -2.53. The SMILES string of the molecule is O=C(CN1C[C@H](C(=O)N2CCCCC2)Oc2ccccc21)NC(=O)NCCc1cccs1. The third-order valence-corrected chi connectivity index (χ3v) is 6.57. The van der Waals surface area contributed by atoms with Gasteiger partial charge in [0.1, 0.15) is 5.75 Å². The van der Waals surface area contributed by atoms with Gasteiger partial charge in [-0.1, -0.05) is 18.2 Å². The molecule has 2 aliphatic heterocycles. The molecule has 0 aliphatic carbocycles. The number of urea groups is 1. The summed E-state index contributed by atoms with van der Waals surface area (Å²) in [7, 11) is 0. The summed E-state index contributed by atoms with van der Waals surface area (Å²) >= 11 is 1.63. The number of hydrogen-bond acceptors (Lipinski definition) is 6. The predicted molar refractivity (Wildman–Crippen MR) is 123 cm³/mol. The topological polar surface area (TPSA) is 91.0 Å². The highest BCUT2D eigenvalue weighted by atomic mass is 32.1. The molecule has 0 radical (unpaired) electrons. The van der Waals surface area contributed by atoms with Gasteiger partial charge in [-0.05, 0) is 49.3 Å². The van der Waals surface area contributed by atoms with Crippen LogP contribution in [0.15, 0.2) is 41.8 Å². The molecular weight excluding hydrogens is 428 g/mol. The molecule has 8 nitrogen and oxygen atoms in total. The average Bonchev–Trinajstić information content (AvgIpc) is 3.32. The van der Waals surface area contributed by atoms with Crippen molar-refractivity contribution >= 4 is 34.9 Å². The summed E-state index contributed by atoms with van der Waals surface area (Å²) in [6.07, 6.45) is 3.19. The number of amides is 4. The first kappa shape index (κ1) is 22.1. The summed E-state index contributed by atoms with van der Waals surface area (Å²) in [5, 5.41) is 7.08. The minimum absolute atomic E-state index is 0.0392. The maximum absolute atomic E-state index is 13.0. The zero-order valence-electron chi connectivity index (χ0n) is 17.9. The van der Waals surface area contributed by atoms with Gasteiger partial charge in [-0.3, -0.25) is 14.9 Å². The minimum Gasteiger partial charge on any atom is -0.477 e. The van der Waals surface area contributed by atoms with Gasteiger partial charge in [0.15, 0.2) is 6.10 Å². The van der Waals surface area contributed by atoms with E-state index in [0.717, 1.165) is 44.5 Å². The Kier molecular flexibility index (Phi) is 7.26. The van der Waals surface area contributed by atoms with Gasteiger partial charge in [0.2, 0.25) is 5.91 Å². The third-order valence-electron chi connectivity index (χ3n) is 5.63. The van der Waals surface area contributed by atoms with Crippen LogP contribution in [0.2, 0.25) is 0 Å². The second-order valence-electron chi connectivity index (χ2n) is 7.97. The van der Waals surface area contributed by atoms with Crippen molar-refractivity contribution in [2.75, 3.05) is 37.6 Å². The molecular formula is C23H28N4O4S. The Hall–Kier alpha value is -3.07. The highest BCUT2D eigenvalue weighted by molar-refractivity contribution is 7.09. The van der Waals surface area contributed by atoms with Crippen LogP contribution in [0.3, 0.4) is 0 Å². The smallest absolute Gasteiger partial charge is 0.321 e. The lowest BCUT2D eigenvalue weighted by Gasteiger charge is -2.38. The van der Waals surface area contributed by atoms with E-state index in [9.17, 15) is 14.4 Å². The first-order chi connectivity index (χ1) is 15.6. The van der Waals surface area contributed by atoms with Crippen LogP contribution >= 0.6 is 11.3 Å². The Bertz CT molecular complexity index is 943. The number of nitrogens with zero attached hydrogens (tertiary/aromatic N) is 2. The standard InChI is InChI=1S/C23H28N4O4S/c28-21(25-23(30)24-11-10-17-7-6-14-32-17)16-27-15-20(22(29)26-12-4-1-5-13-26)31-19-9-3-2-8-18(19)27/h2-3,6-9,14,20H,1,4-5,10-13,15-16H2,(H2,24,25,28,30)/t20-/m1/s1. The van der Waals surface area contributed by atoms with E-state index in [1.54, 1.807) is 22.3 Å². The number of carbonyl (C=O) groups is 3. The highest BCUT2D eigenvalue weighted by Gasteiger charge is 2.34. The Morgan fingerprint density at radius 1 is 1.06 bits per heavy atom. The Morgan fingerprint density at radius 3 is 2.66 bits per heavy atom. The predicted octanol–water partition coefficient (Wildman–Crippen LogP) is 2.40. The Morgan fingerprint density at radius 2 is 1.88 bits per heavy atom. The van der Waals surface area contributed by atoms with E-state index in [2.05, 4.69) is 10.6 Å². The number of ether oxygens (including phenoxy) is 1. The van der Waals surface area contributed by atoms with Crippen LogP contribution in [0.1, 0.15) is 24.1 Å². The fourth-order valence-electron chi connectivity index (χ4n) is 4.04. The zero-order valence-corrected chi connectivity index (χ0v) is 18.7. The number of likely N-dealkylation sites (tertiary alicyclic amines) is 1. The number of benzene rings is 1. The van der Waals surface area contributed by atoms with Gasteiger partial charge >= 0.3 is 6.03 Å². The summed E-state index contributed by atoms with van der Waals surface area (Å²) in [5.74, 6) is 0.0951. The molecule has 0 spiro atoms. The van der Waals surface area contributed by atoms with E-state index >= 15 is 0 Å². The highest BCUT2D eigenvalue weighted by Crippen LogP contribution is 2.33. The molecule has 1 fully saturated rings. The maximum atomic E-state index is 13.0. The van der Waals surface area contributed by atoms with E-state index in [4.69, 9.17) is 4.74 Å². The second kappa shape index (κ2) is 10.5. The normalized spacial score (nSPS) is 17.8. The number of rotatable bonds is 6. The maximum Gasteiger partial charge on any atom is 0.321 e. The molecule has 170 valence electrons. The van der Waals surface area contributed by atoms with Crippen molar-refractivity contribution in [1.82, 2.24) is 15.5 Å². The average molecular weight is 457 g/mol. The second-order valence-corrected chi connectivity index (χ2v) is 9.01. The molecule has 1 aromatic carbocycles. The van der Waals surface area contributed by atoms with Crippen LogP contribution in [-0.4, -0.2) is 61.6 Å². The third kappa shape index (κ3) is 5.59. The lowest BCUT2D eigenvalue weighted by atomic mass is 10.1. The van der Waals surface area contributed by atoms with Crippen LogP contribution in [-0.2, 0) is 16.0 Å². The molecule has 2 aromatic rings. The van der Waals surface area contributed by atoms with Crippen molar-refractivity contribution in [2.24, 2.45) is 0 Å².